The molecule has 0 saturated carbocycles. The summed E-state index contributed by atoms with van der Waals surface area (Å²) in [6.45, 7) is 6.43. The van der Waals surface area contributed by atoms with Gasteiger partial charge in [0.2, 0.25) is 5.91 Å². The molecule has 2 aromatic carbocycles. The lowest BCUT2D eigenvalue weighted by molar-refractivity contribution is -0.116. The smallest absolute Gasteiger partial charge is 0.260 e. The zero-order valence-corrected chi connectivity index (χ0v) is 23.5. The van der Waals surface area contributed by atoms with Gasteiger partial charge < -0.3 is 25.7 Å². The van der Waals surface area contributed by atoms with E-state index in [1.807, 2.05) is 38.1 Å². The van der Waals surface area contributed by atoms with Crippen LogP contribution in [-0.2, 0) is 17.8 Å². The van der Waals surface area contributed by atoms with Gasteiger partial charge in [0, 0.05) is 30.0 Å². The van der Waals surface area contributed by atoms with Crippen LogP contribution < -0.4 is 21.3 Å². The summed E-state index contributed by atoms with van der Waals surface area (Å²) in [6, 6.07) is 11.3. The maximum absolute atomic E-state index is 13.0. The van der Waals surface area contributed by atoms with Gasteiger partial charge in [-0.2, -0.15) is 0 Å². The van der Waals surface area contributed by atoms with Crippen molar-refractivity contribution in [3.8, 4) is 17.1 Å². The summed E-state index contributed by atoms with van der Waals surface area (Å²) in [5.74, 6) is 1.41. The summed E-state index contributed by atoms with van der Waals surface area (Å²) in [4.78, 5) is 37.4. The van der Waals surface area contributed by atoms with E-state index in [-0.39, 0.29) is 11.5 Å². The number of H-pyrrole nitrogens is 1. The summed E-state index contributed by atoms with van der Waals surface area (Å²) in [5.41, 5.74) is 11.1. The highest BCUT2D eigenvalue weighted by Crippen LogP contribution is 2.34. The minimum Gasteiger partial charge on any atom is -0.493 e. The molecular weight excluding hydrogens is 510 g/mol. The Bertz CT molecular complexity index is 1550. The van der Waals surface area contributed by atoms with E-state index in [1.54, 1.807) is 23.5 Å². The third kappa shape index (κ3) is 5.99. The number of aromatic nitrogens is 2. The number of fused-ring (bicyclic) bond motifs is 3. The molecule has 8 nitrogen and oxygen atoms in total. The van der Waals surface area contributed by atoms with E-state index in [0.717, 1.165) is 77.0 Å². The summed E-state index contributed by atoms with van der Waals surface area (Å²) in [6.07, 6.45) is 3.85. The molecular formula is C30H35N5O3S. The quantitative estimate of drug-likeness (QED) is 0.191. The normalized spacial score (nSPS) is 13.4. The summed E-state index contributed by atoms with van der Waals surface area (Å²) < 4.78 is 6.12. The average molecular weight is 546 g/mol. The fourth-order valence-electron chi connectivity index (χ4n) is 5.14. The number of para-hydroxylation sites is 2. The average Bonchev–Trinajstić information content (AvgIpc) is 3.26. The Balaban J connectivity index is 1.17. The minimum atomic E-state index is -0.0615. The number of nitrogens with two attached hydrogens (primary N) is 1. The molecule has 0 atom stereocenters. The Kier molecular flexibility index (Phi) is 7.99. The predicted molar refractivity (Wildman–Crippen MR) is 159 cm³/mol. The molecule has 2 aromatic heterocycles. The number of amides is 1. The molecule has 4 N–H and O–H groups in total. The number of aromatic amines is 1. The molecule has 0 saturated heterocycles. The number of hydrogen-bond donors (Lipinski definition) is 3. The van der Waals surface area contributed by atoms with Crippen LogP contribution in [-0.4, -0.2) is 41.0 Å². The van der Waals surface area contributed by atoms with Gasteiger partial charge in [0.25, 0.3) is 5.56 Å². The molecule has 0 spiro atoms. The van der Waals surface area contributed by atoms with Crippen molar-refractivity contribution in [3.63, 3.8) is 0 Å². The maximum Gasteiger partial charge on any atom is 0.260 e. The van der Waals surface area contributed by atoms with E-state index in [2.05, 4.69) is 22.2 Å². The lowest BCUT2D eigenvalue weighted by Crippen LogP contribution is -2.25. The van der Waals surface area contributed by atoms with Crippen LogP contribution in [0.1, 0.15) is 47.3 Å². The number of rotatable bonds is 9. The number of likely N-dealkylation sites (N-methyl/N-ethyl adjacent to an activating group) is 1. The Labute approximate surface area is 232 Å². The van der Waals surface area contributed by atoms with Crippen molar-refractivity contribution in [1.82, 2.24) is 14.9 Å². The van der Waals surface area contributed by atoms with Gasteiger partial charge in [-0.1, -0.05) is 12.1 Å². The number of benzene rings is 2. The SMILES string of the molecule is Cc1cc(-c2nc3sc4c(c3c(=O)[nH]2)CCN(C)C4)cc(C)c1OCCCCCC(=O)Nc1ccccc1N. The molecule has 1 aliphatic heterocycles. The number of nitrogen functional groups attached to an aromatic ring is 1. The molecule has 39 heavy (non-hydrogen) atoms. The highest BCUT2D eigenvalue weighted by atomic mass is 32.1. The lowest BCUT2D eigenvalue weighted by atomic mass is 10.0. The number of unbranched alkanes of at least 4 members (excludes halogenated alkanes) is 2. The molecule has 0 bridgehead atoms. The number of nitrogens with one attached hydrogen (secondary N) is 2. The van der Waals surface area contributed by atoms with Crippen LogP contribution in [0.4, 0.5) is 11.4 Å². The first kappa shape index (κ1) is 26.9. The molecule has 0 unspecified atom stereocenters. The monoisotopic (exact) mass is 545 g/mol. The van der Waals surface area contributed by atoms with E-state index in [0.29, 0.717) is 30.2 Å². The minimum absolute atomic E-state index is 0.0315. The second kappa shape index (κ2) is 11.6. The maximum atomic E-state index is 13.0. The zero-order valence-electron chi connectivity index (χ0n) is 22.7. The fourth-order valence-corrected chi connectivity index (χ4v) is 6.44. The number of carbonyl (C=O) groups excluding carboxylic acids is 1. The molecule has 3 heterocycles. The van der Waals surface area contributed by atoms with Gasteiger partial charge in [0.05, 0.1) is 23.4 Å². The standard InChI is InChI=1S/C30H35N5O3S/c1-18-15-20(28-33-29(37)26-21-12-13-35(3)17-24(21)39-30(26)34-28)16-19(2)27(18)38-14-8-4-5-11-25(36)32-23-10-7-6-9-22(23)31/h6-7,9-10,15-16H,4-5,8,11-14,17,31H2,1-3H3,(H,32,36)(H,33,34,37). The highest BCUT2D eigenvalue weighted by Gasteiger charge is 2.22. The van der Waals surface area contributed by atoms with E-state index in [4.69, 9.17) is 15.5 Å². The predicted octanol–water partition coefficient (Wildman–Crippen LogP) is 5.42. The van der Waals surface area contributed by atoms with Crippen LogP contribution in [0.2, 0.25) is 0 Å². The molecule has 0 radical (unpaired) electrons. The fraction of sp³-hybridized carbons (Fsp3) is 0.367. The number of carbonyl (C=O) groups is 1. The van der Waals surface area contributed by atoms with E-state index in [1.165, 1.54) is 4.88 Å². The van der Waals surface area contributed by atoms with Gasteiger partial charge in [-0.25, -0.2) is 4.98 Å². The van der Waals surface area contributed by atoms with Crippen LogP contribution in [0.3, 0.4) is 0 Å². The van der Waals surface area contributed by atoms with Crippen molar-refractivity contribution >= 4 is 38.8 Å². The first-order valence-corrected chi connectivity index (χ1v) is 14.2. The summed E-state index contributed by atoms with van der Waals surface area (Å²) >= 11 is 1.63. The Morgan fingerprint density at radius 2 is 1.95 bits per heavy atom. The van der Waals surface area contributed by atoms with Gasteiger partial charge in [-0.15, -0.1) is 11.3 Å². The van der Waals surface area contributed by atoms with Crippen LogP contribution in [0, 0.1) is 13.8 Å². The molecule has 1 amide bonds. The first-order chi connectivity index (χ1) is 18.8. The van der Waals surface area contributed by atoms with Crippen LogP contribution in [0.25, 0.3) is 21.6 Å². The number of ether oxygens (including phenoxy) is 1. The highest BCUT2D eigenvalue weighted by molar-refractivity contribution is 7.18. The van der Waals surface area contributed by atoms with Crippen molar-refractivity contribution in [2.45, 2.75) is 52.5 Å². The molecule has 0 aliphatic carbocycles. The lowest BCUT2D eigenvalue weighted by Gasteiger charge is -2.21. The van der Waals surface area contributed by atoms with E-state index >= 15 is 0 Å². The second-order valence-corrected chi connectivity index (χ2v) is 11.4. The van der Waals surface area contributed by atoms with Gasteiger partial charge in [0.15, 0.2) is 0 Å². The van der Waals surface area contributed by atoms with Gasteiger partial charge >= 0.3 is 0 Å². The van der Waals surface area contributed by atoms with Crippen molar-refractivity contribution in [1.29, 1.82) is 0 Å². The molecule has 4 aromatic rings. The van der Waals surface area contributed by atoms with Gasteiger partial charge in [0.1, 0.15) is 16.4 Å². The number of thiophene rings is 1. The molecule has 1 aliphatic rings. The van der Waals surface area contributed by atoms with Gasteiger partial charge in [-0.05, 0) is 87.5 Å². The largest absolute Gasteiger partial charge is 0.493 e. The molecule has 204 valence electrons. The Morgan fingerprint density at radius 1 is 1.18 bits per heavy atom. The summed E-state index contributed by atoms with van der Waals surface area (Å²) in [7, 11) is 2.11. The molecule has 9 heteroatoms. The van der Waals surface area contributed by atoms with Crippen LogP contribution in [0.15, 0.2) is 41.2 Å². The molecule has 0 fully saturated rings. The Hall–Kier alpha value is -3.69. The number of nitrogens with zero attached hydrogens (tertiary/aromatic N) is 2. The third-order valence-electron chi connectivity index (χ3n) is 7.16. The van der Waals surface area contributed by atoms with Crippen molar-refractivity contribution in [3.05, 3.63) is 68.3 Å². The third-order valence-corrected chi connectivity index (χ3v) is 8.28. The summed E-state index contributed by atoms with van der Waals surface area (Å²) in [5, 5.41) is 3.62. The van der Waals surface area contributed by atoms with Crippen LogP contribution in [0.5, 0.6) is 5.75 Å². The number of aryl methyl sites for hydroxylation is 2. The second-order valence-electron chi connectivity index (χ2n) is 10.3. The van der Waals surface area contributed by atoms with Crippen molar-refractivity contribution < 1.29 is 9.53 Å². The van der Waals surface area contributed by atoms with Crippen LogP contribution >= 0.6 is 11.3 Å². The van der Waals surface area contributed by atoms with E-state index in [9.17, 15) is 9.59 Å². The number of hydrogen-bond acceptors (Lipinski definition) is 7. The first-order valence-electron chi connectivity index (χ1n) is 13.4. The topological polar surface area (TPSA) is 113 Å². The number of anilines is 2. The van der Waals surface area contributed by atoms with E-state index < -0.39 is 0 Å². The van der Waals surface area contributed by atoms with Crippen molar-refractivity contribution in [2.75, 3.05) is 31.2 Å². The van der Waals surface area contributed by atoms with Crippen molar-refractivity contribution in [2.24, 2.45) is 0 Å². The zero-order chi connectivity index (χ0) is 27.5. The van der Waals surface area contributed by atoms with Gasteiger partial charge in [-0.3, -0.25) is 9.59 Å². The molecule has 5 rings (SSSR count). The Morgan fingerprint density at radius 3 is 2.72 bits per heavy atom.